The monoisotopic (exact) mass is 289 g/mol. The SMILES string of the molecule is CC(NCCCC1CCCC1)c1ccc2c(c1)OCCO2. The molecule has 1 N–H and O–H groups in total. The highest BCUT2D eigenvalue weighted by Crippen LogP contribution is 2.32. The molecule has 1 unspecified atom stereocenters. The zero-order chi connectivity index (χ0) is 14.5. The van der Waals surface area contributed by atoms with Gasteiger partial charge < -0.3 is 14.8 Å². The number of hydrogen-bond donors (Lipinski definition) is 1. The van der Waals surface area contributed by atoms with E-state index in [4.69, 9.17) is 9.47 Å². The topological polar surface area (TPSA) is 30.5 Å². The summed E-state index contributed by atoms with van der Waals surface area (Å²) in [4.78, 5) is 0. The average Bonchev–Trinajstić information content (AvgIpc) is 3.04. The van der Waals surface area contributed by atoms with Crippen LogP contribution in [0.4, 0.5) is 0 Å². The molecule has 0 amide bonds. The summed E-state index contributed by atoms with van der Waals surface area (Å²) in [6.45, 7) is 4.63. The molecule has 3 heteroatoms. The minimum atomic E-state index is 0.365. The highest BCUT2D eigenvalue weighted by molar-refractivity contribution is 5.44. The van der Waals surface area contributed by atoms with Gasteiger partial charge in [-0.2, -0.15) is 0 Å². The molecule has 116 valence electrons. The standard InChI is InChI=1S/C18H27NO2/c1-14(19-10-4-7-15-5-2-3-6-15)16-8-9-17-18(13-16)21-12-11-20-17/h8-9,13-15,19H,2-7,10-12H2,1H3. The van der Waals surface area contributed by atoms with Gasteiger partial charge in [0.15, 0.2) is 11.5 Å². The molecule has 1 atom stereocenters. The highest BCUT2D eigenvalue weighted by Gasteiger charge is 2.16. The highest BCUT2D eigenvalue weighted by atomic mass is 16.6. The van der Waals surface area contributed by atoms with Crippen molar-refractivity contribution in [2.75, 3.05) is 19.8 Å². The Bertz CT molecular complexity index is 455. The molecule has 21 heavy (non-hydrogen) atoms. The van der Waals surface area contributed by atoms with Crippen LogP contribution in [-0.2, 0) is 0 Å². The lowest BCUT2D eigenvalue weighted by Gasteiger charge is -2.21. The van der Waals surface area contributed by atoms with Crippen LogP contribution in [-0.4, -0.2) is 19.8 Å². The Hall–Kier alpha value is -1.22. The first-order valence-corrected chi connectivity index (χ1v) is 8.46. The Kier molecular flexibility index (Phi) is 5.02. The van der Waals surface area contributed by atoms with Gasteiger partial charge >= 0.3 is 0 Å². The lowest BCUT2D eigenvalue weighted by molar-refractivity contribution is 0.171. The molecule has 1 heterocycles. The van der Waals surface area contributed by atoms with Crippen molar-refractivity contribution in [2.24, 2.45) is 5.92 Å². The van der Waals surface area contributed by atoms with Gasteiger partial charge in [-0.25, -0.2) is 0 Å². The van der Waals surface area contributed by atoms with Gasteiger partial charge in [-0.05, 0) is 49.9 Å². The van der Waals surface area contributed by atoms with E-state index >= 15 is 0 Å². The third-order valence-electron chi connectivity index (χ3n) is 4.78. The van der Waals surface area contributed by atoms with Crippen molar-refractivity contribution < 1.29 is 9.47 Å². The summed E-state index contributed by atoms with van der Waals surface area (Å²) in [7, 11) is 0. The number of hydrogen-bond acceptors (Lipinski definition) is 3. The van der Waals surface area contributed by atoms with Gasteiger partial charge in [0.2, 0.25) is 0 Å². The largest absolute Gasteiger partial charge is 0.486 e. The fraction of sp³-hybridized carbons (Fsp3) is 0.667. The second-order valence-electron chi connectivity index (χ2n) is 6.37. The van der Waals surface area contributed by atoms with Crippen molar-refractivity contribution in [1.29, 1.82) is 0 Å². The molecule has 0 spiro atoms. The molecule has 0 saturated heterocycles. The van der Waals surface area contributed by atoms with E-state index in [1.807, 2.05) is 6.07 Å². The summed E-state index contributed by atoms with van der Waals surface area (Å²) in [5.74, 6) is 2.76. The van der Waals surface area contributed by atoms with Gasteiger partial charge in [0.25, 0.3) is 0 Å². The maximum atomic E-state index is 5.65. The zero-order valence-corrected chi connectivity index (χ0v) is 13.1. The van der Waals surface area contributed by atoms with Crippen molar-refractivity contribution >= 4 is 0 Å². The zero-order valence-electron chi connectivity index (χ0n) is 13.1. The van der Waals surface area contributed by atoms with Crippen molar-refractivity contribution in [2.45, 2.75) is 51.5 Å². The van der Waals surface area contributed by atoms with Crippen molar-refractivity contribution in [3.05, 3.63) is 23.8 Å². The molecule has 1 aromatic rings. The predicted molar refractivity (Wildman–Crippen MR) is 85.0 cm³/mol. The summed E-state index contributed by atoms with van der Waals surface area (Å²) in [5, 5.41) is 3.63. The number of rotatable bonds is 6. The van der Waals surface area contributed by atoms with E-state index in [2.05, 4.69) is 24.4 Å². The first-order valence-electron chi connectivity index (χ1n) is 8.46. The third-order valence-corrected chi connectivity index (χ3v) is 4.78. The molecule has 1 fully saturated rings. The van der Waals surface area contributed by atoms with Crippen LogP contribution in [0.15, 0.2) is 18.2 Å². The summed E-state index contributed by atoms with van der Waals surface area (Å²) < 4.78 is 11.2. The first kappa shape index (κ1) is 14.7. The van der Waals surface area contributed by atoms with Crippen LogP contribution in [0.3, 0.4) is 0 Å². The van der Waals surface area contributed by atoms with E-state index < -0.39 is 0 Å². The predicted octanol–water partition coefficient (Wildman–Crippen LogP) is 4.08. The molecule has 0 radical (unpaired) electrons. The minimum absolute atomic E-state index is 0.365. The minimum Gasteiger partial charge on any atom is -0.486 e. The fourth-order valence-electron chi connectivity index (χ4n) is 3.46. The number of nitrogens with one attached hydrogen (secondary N) is 1. The van der Waals surface area contributed by atoms with E-state index in [-0.39, 0.29) is 0 Å². The van der Waals surface area contributed by atoms with E-state index in [0.717, 1.165) is 24.0 Å². The molecule has 2 aliphatic rings. The maximum Gasteiger partial charge on any atom is 0.161 e. The summed E-state index contributed by atoms with van der Waals surface area (Å²) >= 11 is 0. The van der Waals surface area contributed by atoms with E-state index in [9.17, 15) is 0 Å². The summed E-state index contributed by atoms with van der Waals surface area (Å²) in [6.07, 6.45) is 8.49. The van der Waals surface area contributed by atoms with Gasteiger partial charge in [0, 0.05) is 6.04 Å². The Balaban J connectivity index is 1.45. The van der Waals surface area contributed by atoms with Crippen molar-refractivity contribution in [1.82, 2.24) is 5.32 Å². The van der Waals surface area contributed by atoms with Gasteiger partial charge in [-0.15, -0.1) is 0 Å². The van der Waals surface area contributed by atoms with Crippen LogP contribution in [0.2, 0.25) is 0 Å². The fourth-order valence-corrected chi connectivity index (χ4v) is 3.46. The second kappa shape index (κ2) is 7.17. The molecular formula is C18H27NO2. The van der Waals surface area contributed by atoms with E-state index in [1.165, 1.54) is 44.1 Å². The van der Waals surface area contributed by atoms with Crippen LogP contribution < -0.4 is 14.8 Å². The molecule has 1 aliphatic heterocycles. The average molecular weight is 289 g/mol. The Morgan fingerprint density at radius 3 is 2.71 bits per heavy atom. The third kappa shape index (κ3) is 3.91. The van der Waals surface area contributed by atoms with Gasteiger partial charge in [-0.1, -0.05) is 31.7 Å². The Morgan fingerprint density at radius 1 is 1.14 bits per heavy atom. The van der Waals surface area contributed by atoms with Gasteiger partial charge in [0.05, 0.1) is 0 Å². The van der Waals surface area contributed by atoms with Crippen molar-refractivity contribution in [3.8, 4) is 11.5 Å². The maximum absolute atomic E-state index is 5.65. The Morgan fingerprint density at radius 2 is 1.90 bits per heavy atom. The summed E-state index contributed by atoms with van der Waals surface area (Å²) in [6, 6.07) is 6.65. The molecule has 0 aromatic heterocycles. The molecule has 1 aliphatic carbocycles. The first-order chi connectivity index (χ1) is 10.3. The van der Waals surface area contributed by atoms with Crippen LogP contribution in [0.5, 0.6) is 11.5 Å². The Labute approximate surface area is 128 Å². The number of ether oxygens (including phenoxy) is 2. The molecule has 3 rings (SSSR count). The molecule has 1 aromatic carbocycles. The molecular weight excluding hydrogens is 262 g/mol. The van der Waals surface area contributed by atoms with E-state index in [0.29, 0.717) is 19.3 Å². The van der Waals surface area contributed by atoms with Crippen molar-refractivity contribution in [3.63, 3.8) is 0 Å². The molecule has 3 nitrogen and oxygen atoms in total. The quantitative estimate of drug-likeness (QED) is 0.800. The van der Waals surface area contributed by atoms with Gasteiger partial charge in [0.1, 0.15) is 13.2 Å². The summed E-state index contributed by atoms with van der Waals surface area (Å²) in [5.41, 5.74) is 1.28. The lowest BCUT2D eigenvalue weighted by atomic mass is 10.0. The van der Waals surface area contributed by atoms with Gasteiger partial charge in [-0.3, -0.25) is 0 Å². The van der Waals surface area contributed by atoms with Crippen LogP contribution >= 0.6 is 0 Å². The van der Waals surface area contributed by atoms with Crippen LogP contribution in [0, 0.1) is 5.92 Å². The molecule has 1 saturated carbocycles. The van der Waals surface area contributed by atoms with Crippen LogP contribution in [0.1, 0.15) is 57.1 Å². The number of fused-ring (bicyclic) bond motifs is 1. The molecule has 0 bridgehead atoms. The number of benzene rings is 1. The van der Waals surface area contributed by atoms with Crippen LogP contribution in [0.25, 0.3) is 0 Å². The van der Waals surface area contributed by atoms with E-state index in [1.54, 1.807) is 0 Å². The smallest absolute Gasteiger partial charge is 0.161 e. The lowest BCUT2D eigenvalue weighted by Crippen LogP contribution is -2.21. The normalized spacial score (nSPS) is 19.7. The second-order valence-corrected chi connectivity index (χ2v) is 6.37.